The van der Waals surface area contributed by atoms with E-state index in [-0.39, 0.29) is 23.8 Å². The Kier molecular flexibility index (Phi) is 6.14. The fraction of sp³-hybridized carbons (Fsp3) is 0.526. The van der Waals surface area contributed by atoms with Crippen LogP contribution < -0.4 is 5.56 Å². The van der Waals surface area contributed by atoms with E-state index in [1.54, 1.807) is 29.2 Å². The van der Waals surface area contributed by atoms with Gasteiger partial charge >= 0.3 is 0 Å². The zero-order valence-corrected chi connectivity index (χ0v) is 17.0. The minimum atomic E-state index is -3.44. The first-order valence-electron chi connectivity index (χ1n) is 9.63. The van der Waals surface area contributed by atoms with Crippen molar-refractivity contribution in [2.45, 2.75) is 45.7 Å². The molecule has 1 N–H and O–H groups in total. The molecule has 0 bridgehead atoms. The second-order valence-corrected chi connectivity index (χ2v) is 9.01. The van der Waals surface area contributed by atoms with Gasteiger partial charge in [-0.3, -0.25) is 9.59 Å². The summed E-state index contributed by atoms with van der Waals surface area (Å²) in [4.78, 5) is 34.1. The maximum atomic E-state index is 13.1. The highest BCUT2D eigenvalue weighted by Crippen LogP contribution is 2.24. The summed E-state index contributed by atoms with van der Waals surface area (Å²) in [6, 6.07) is 6.34. The molecular weight excluding hydrogens is 380 g/mol. The molecule has 152 valence electrons. The molecule has 8 nitrogen and oxygen atoms in total. The van der Waals surface area contributed by atoms with Gasteiger partial charge in [-0.2, -0.15) is 4.31 Å². The van der Waals surface area contributed by atoms with E-state index in [4.69, 9.17) is 0 Å². The van der Waals surface area contributed by atoms with Crippen molar-refractivity contribution >= 4 is 26.8 Å². The minimum absolute atomic E-state index is 0.0441. The number of carbonyl (C=O) groups excluding carboxylic acids is 1. The van der Waals surface area contributed by atoms with E-state index < -0.39 is 16.1 Å². The number of H-pyrrole nitrogens is 1. The number of aromatic amines is 1. The van der Waals surface area contributed by atoms with Crippen LogP contribution in [0.25, 0.3) is 10.9 Å². The van der Waals surface area contributed by atoms with Crippen LogP contribution in [-0.2, 0) is 21.4 Å². The molecule has 28 heavy (non-hydrogen) atoms. The summed E-state index contributed by atoms with van der Waals surface area (Å²) in [6.07, 6.45) is 1.70. The number of amides is 1. The SMILES string of the molecule is CCCS(=O)(=O)N1CCCC1C(=O)N(CC)Cc1nc2ccccc2c(=O)[nH]1. The Morgan fingerprint density at radius 2 is 2.07 bits per heavy atom. The molecule has 1 atom stereocenters. The molecule has 1 unspecified atom stereocenters. The molecule has 0 aliphatic carbocycles. The Morgan fingerprint density at radius 3 is 2.79 bits per heavy atom. The van der Waals surface area contributed by atoms with Crippen LogP contribution in [-0.4, -0.2) is 58.4 Å². The molecule has 2 aromatic rings. The van der Waals surface area contributed by atoms with Crippen LogP contribution in [0.1, 0.15) is 38.9 Å². The number of para-hydroxylation sites is 1. The molecule has 0 radical (unpaired) electrons. The number of fused-ring (bicyclic) bond motifs is 1. The van der Waals surface area contributed by atoms with Crippen molar-refractivity contribution in [3.05, 3.63) is 40.4 Å². The maximum absolute atomic E-state index is 13.1. The molecule has 1 amide bonds. The first kappa shape index (κ1) is 20.5. The average molecular weight is 407 g/mol. The second-order valence-electron chi connectivity index (χ2n) is 6.97. The molecule has 1 aliphatic rings. The predicted octanol–water partition coefficient (Wildman–Crippen LogP) is 1.48. The van der Waals surface area contributed by atoms with E-state index in [1.165, 1.54) is 4.31 Å². The van der Waals surface area contributed by atoms with Crippen LogP contribution in [0.3, 0.4) is 0 Å². The highest BCUT2D eigenvalue weighted by Gasteiger charge is 2.39. The van der Waals surface area contributed by atoms with Gasteiger partial charge in [-0.15, -0.1) is 0 Å². The van der Waals surface area contributed by atoms with Crippen molar-refractivity contribution in [1.82, 2.24) is 19.2 Å². The first-order chi connectivity index (χ1) is 13.4. The topological polar surface area (TPSA) is 103 Å². The van der Waals surface area contributed by atoms with Crippen LogP contribution in [0.15, 0.2) is 29.1 Å². The summed E-state index contributed by atoms with van der Waals surface area (Å²) < 4.78 is 26.4. The molecule has 1 saturated heterocycles. The lowest BCUT2D eigenvalue weighted by atomic mass is 10.2. The van der Waals surface area contributed by atoms with Gasteiger partial charge in [-0.05, 0) is 38.3 Å². The Labute approximate surface area is 164 Å². The van der Waals surface area contributed by atoms with Crippen molar-refractivity contribution in [2.75, 3.05) is 18.8 Å². The lowest BCUT2D eigenvalue weighted by Crippen LogP contribution is -2.48. The van der Waals surface area contributed by atoms with Crippen LogP contribution in [0.4, 0.5) is 0 Å². The van der Waals surface area contributed by atoms with Crippen molar-refractivity contribution in [3.8, 4) is 0 Å². The van der Waals surface area contributed by atoms with Crippen LogP contribution >= 0.6 is 0 Å². The van der Waals surface area contributed by atoms with E-state index in [2.05, 4.69) is 9.97 Å². The van der Waals surface area contributed by atoms with Crippen molar-refractivity contribution in [3.63, 3.8) is 0 Å². The third-order valence-electron chi connectivity index (χ3n) is 5.00. The number of likely N-dealkylation sites (N-methyl/N-ethyl adjacent to an activating group) is 1. The molecule has 1 aliphatic heterocycles. The summed E-state index contributed by atoms with van der Waals surface area (Å²) in [5.41, 5.74) is 0.315. The first-order valence-corrected chi connectivity index (χ1v) is 11.2. The third kappa shape index (κ3) is 4.10. The monoisotopic (exact) mass is 406 g/mol. The van der Waals surface area contributed by atoms with Gasteiger partial charge in [0.05, 0.1) is 23.2 Å². The Hall–Kier alpha value is -2.26. The van der Waals surface area contributed by atoms with Crippen molar-refractivity contribution in [1.29, 1.82) is 0 Å². The molecule has 1 aromatic carbocycles. The summed E-state index contributed by atoms with van der Waals surface area (Å²) in [7, 11) is -3.44. The van der Waals surface area contributed by atoms with Gasteiger partial charge in [-0.25, -0.2) is 13.4 Å². The Morgan fingerprint density at radius 1 is 1.32 bits per heavy atom. The van der Waals surface area contributed by atoms with Crippen LogP contribution in [0, 0.1) is 0 Å². The lowest BCUT2D eigenvalue weighted by Gasteiger charge is -2.29. The van der Waals surface area contributed by atoms with E-state index in [0.717, 1.165) is 0 Å². The van der Waals surface area contributed by atoms with Gasteiger partial charge in [0.2, 0.25) is 15.9 Å². The van der Waals surface area contributed by atoms with E-state index in [1.807, 2.05) is 13.8 Å². The second kappa shape index (κ2) is 8.40. The van der Waals surface area contributed by atoms with E-state index >= 15 is 0 Å². The molecule has 3 rings (SSSR count). The highest BCUT2D eigenvalue weighted by atomic mass is 32.2. The number of sulfonamides is 1. The average Bonchev–Trinajstić information content (AvgIpc) is 3.16. The van der Waals surface area contributed by atoms with Gasteiger partial charge in [0.1, 0.15) is 11.9 Å². The molecule has 9 heteroatoms. The Bertz CT molecular complexity index is 1020. The largest absolute Gasteiger partial charge is 0.334 e. The van der Waals surface area contributed by atoms with Crippen molar-refractivity contribution < 1.29 is 13.2 Å². The highest BCUT2D eigenvalue weighted by molar-refractivity contribution is 7.89. The number of benzene rings is 1. The smallest absolute Gasteiger partial charge is 0.258 e. The van der Waals surface area contributed by atoms with Crippen molar-refractivity contribution in [2.24, 2.45) is 0 Å². The van der Waals surface area contributed by atoms with Gasteiger partial charge in [0, 0.05) is 13.1 Å². The molecular formula is C19H26N4O4S. The Balaban J connectivity index is 1.83. The standard InChI is InChI=1S/C19H26N4O4S/c1-3-12-28(26,27)23-11-7-10-16(23)19(25)22(4-2)13-17-20-15-9-6-5-8-14(15)18(24)21-17/h5-6,8-9,16H,3-4,7,10-13H2,1-2H3,(H,20,21,24). The number of hydrogen-bond acceptors (Lipinski definition) is 5. The summed E-state index contributed by atoms with van der Waals surface area (Å²) in [5.74, 6) is 0.193. The summed E-state index contributed by atoms with van der Waals surface area (Å²) >= 11 is 0. The number of hydrogen-bond donors (Lipinski definition) is 1. The maximum Gasteiger partial charge on any atom is 0.258 e. The quantitative estimate of drug-likeness (QED) is 0.750. The zero-order chi connectivity index (χ0) is 20.3. The molecule has 1 fully saturated rings. The van der Waals surface area contributed by atoms with E-state index in [0.29, 0.717) is 49.1 Å². The number of nitrogens with zero attached hydrogens (tertiary/aromatic N) is 3. The zero-order valence-electron chi connectivity index (χ0n) is 16.2. The number of rotatable bonds is 7. The minimum Gasteiger partial charge on any atom is -0.334 e. The lowest BCUT2D eigenvalue weighted by molar-refractivity contribution is -0.135. The van der Waals surface area contributed by atoms with Gasteiger partial charge in [-0.1, -0.05) is 19.1 Å². The normalized spacial score (nSPS) is 17.9. The fourth-order valence-corrected chi connectivity index (χ4v) is 5.38. The molecule has 0 saturated carbocycles. The molecule has 1 aromatic heterocycles. The fourth-order valence-electron chi connectivity index (χ4n) is 3.64. The number of carbonyl (C=O) groups is 1. The number of nitrogens with one attached hydrogen (secondary N) is 1. The molecule has 0 spiro atoms. The summed E-state index contributed by atoms with van der Waals surface area (Å²) in [5, 5.41) is 0.494. The number of aromatic nitrogens is 2. The van der Waals surface area contributed by atoms with Crippen LogP contribution in [0.5, 0.6) is 0 Å². The van der Waals surface area contributed by atoms with E-state index in [9.17, 15) is 18.0 Å². The van der Waals surface area contributed by atoms with Gasteiger partial charge in [0.15, 0.2) is 0 Å². The third-order valence-corrected chi connectivity index (χ3v) is 7.08. The van der Waals surface area contributed by atoms with Gasteiger partial charge < -0.3 is 9.88 Å². The summed E-state index contributed by atoms with van der Waals surface area (Å²) in [6.45, 7) is 4.55. The van der Waals surface area contributed by atoms with Crippen LogP contribution in [0.2, 0.25) is 0 Å². The molecule has 2 heterocycles. The van der Waals surface area contributed by atoms with Gasteiger partial charge in [0.25, 0.3) is 5.56 Å². The predicted molar refractivity (Wildman–Crippen MR) is 107 cm³/mol.